The number of nitrogen functional groups attached to an aromatic ring is 1. The third kappa shape index (κ3) is 4.06. The highest BCUT2D eigenvalue weighted by Crippen LogP contribution is 2.21. The highest BCUT2D eigenvalue weighted by molar-refractivity contribution is 9.10. The number of halogens is 1. The molecule has 0 aromatic heterocycles. The van der Waals surface area contributed by atoms with Crippen molar-refractivity contribution in [1.82, 2.24) is 0 Å². The SMILES string of the molecule is CC(=O)Nc1cccc(NC(=O)c2ccc(Br)c(N)c2)c1. The van der Waals surface area contributed by atoms with Crippen LogP contribution in [0.4, 0.5) is 17.1 Å². The number of anilines is 3. The third-order valence-electron chi connectivity index (χ3n) is 2.70. The van der Waals surface area contributed by atoms with E-state index in [1.165, 1.54) is 6.92 Å². The average Bonchev–Trinajstić information content (AvgIpc) is 2.41. The van der Waals surface area contributed by atoms with Crippen LogP contribution in [0.25, 0.3) is 0 Å². The van der Waals surface area contributed by atoms with E-state index in [2.05, 4.69) is 26.6 Å². The third-order valence-corrected chi connectivity index (χ3v) is 3.42. The van der Waals surface area contributed by atoms with Crippen LogP contribution in [0.2, 0.25) is 0 Å². The summed E-state index contributed by atoms with van der Waals surface area (Å²) in [6.45, 7) is 1.43. The molecule has 2 rings (SSSR count). The van der Waals surface area contributed by atoms with E-state index in [0.717, 1.165) is 4.47 Å². The Morgan fingerprint density at radius 2 is 1.71 bits per heavy atom. The van der Waals surface area contributed by atoms with Crippen LogP contribution in [0.5, 0.6) is 0 Å². The van der Waals surface area contributed by atoms with Gasteiger partial charge in [0.15, 0.2) is 0 Å². The van der Waals surface area contributed by atoms with E-state index in [-0.39, 0.29) is 11.8 Å². The fraction of sp³-hybridized carbons (Fsp3) is 0.0667. The molecule has 0 radical (unpaired) electrons. The number of hydrogen-bond donors (Lipinski definition) is 3. The van der Waals surface area contributed by atoms with Crippen LogP contribution in [-0.2, 0) is 4.79 Å². The summed E-state index contributed by atoms with van der Waals surface area (Å²) in [5.41, 5.74) is 7.92. The molecule has 2 aromatic carbocycles. The molecule has 2 amide bonds. The lowest BCUT2D eigenvalue weighted by atomic mass is 10.2. The van der Waals surface area contributed by atoms with Crippen molar-refractivity contribution >= 4 is 44.8 Å². The average molecular weight is 348 g/mol. The zero-order valence-electron chi connectivity index (χ0n) is 11.3. The molecule has 0 aliphatic heterocycles. The van der Waals surface area contributed by atoms with Gasteiger partial charge in [-0.3, -0.25) is 9.59 Å². The van der Waals surface area contributed by atoms with Crippen LogP contribution >= 0.6 is 15.9 Å². The van der Waals surface area contributed by atoms with Crippen LogP contribution in [0.3, 0.4) is 0 Å². The molecule has 0 bridgehead atoms. The lowest BCUT2D eigenvalue weighted by Crippen LogP contribution is -2.13. The van der Waals surface area contributed by atoms with Gasteiger partial charge in [0.1, 0.15) is 0 Å². The van der Waals surface area contributed by atoms with Gasteiger partial charge < -0.3 is 16.4 Å². The molecule has 0 unspecified atom stereocenters. The van der Waals surface area contributed by atoms with Gasteiger partial charge in [0, 0.05) is 34.0 Å². The maximum Gasteiger partial charge on any atom is 0.255 e. The first-order valence-electron chi connectivity index (χ1n) is 6.20. The quantitative estimate of drug-likeness (QED) is 0.745. The lowest BCUT2D eigenvalue weighted by molar-refractivity contribution is -0.114. The summed E-state index contributed by atoms with van der Waals surface area (Å²) in [6, 6.07) is 11.9. The van der Waals surface area contributed by atoms with Gasteiger partial charge >= 0.3 is 0 Å². The molecule has 5 nitrogen and oxygen atoms in total. The van der Waals surface area contributed by atoms with Gasteiger partial charge in [-0.1, -0.05) is 6.07 Å². The molecular formula is C15H14BrN3O2. The summed E-state index contributed by atoms with van der Waals surface area (Å²) >= 11 is 3.28. The minimum absolute atomic E-state index is 0.167. The van der Waals surface area contributed by atoms with Gasteiger partial charge in [0.2, 0.25) is 5.91 Å². The number of rotatable bonds is 3. The van der Waals surface area contributed by atoms with E-state index in [4.69, 9.17) is 5.73 Å². The van der Waals surface area contributed by atoms with E-state index in [0.29, 0.717) is 22.6 Å². The molecule has 0 heterocycles. The van der Waals surface area contributed by atoms with E-state index >= 15 is 0 Å². The Morgan fingerprint density at radius 1 is 1.05 bits per heavy atom. The summed E-state index contributed by atoms with van der Waals surface area (Å²) in [6.07, 6.45) is 0. The second-order valence-corrected chi connectivity index (χ2v) is 5.31. The van der Waals surface area contributed by atoms with Crippen molar-refractivity contribution in [2.75, 3.05) is 16.4 Å². The Bertz CT molecular complexity index is 701. The van der Waals surface area contributed by atoms with E-state index in [1.54, 1.807) is 42.5 Å². The smallest absolute Gasteiger partial charge is 0.255 e. The maximum atomic E-state index is 12.1. The highest BCUT2D eigenvalue weighted by atomic mass is 79.9. The summed E-state index contributed by atoms with van der Waals surface area (Å²) in [7, 11) is 0. The highest BCUT2D eigenvalue weighted by Gasteiger charge is 2.08. The molecule has 0 saturated carbocycles. The monoisotopic (exact) mass is 347 g/mol. The van der Waals surface area contributed by atoms with Crippen molar-refractivity contribution < 1.29 is 9.59 Å². The van der Waals surface area contributed by atoms with Crippen molar-refractivity contribution in [3.63, 3.8) is 0 Å². The van der Waals surface area contributed by atoms with Crippen molar-refractivity contribution in [3.8, 4) is 0 Å². The largest absolute Gasteiger partial charge is 0.398 e. The first-order chi connectivity index (χ1) is 9.95. The Balaban J connectivity index is 2.15. The predicted octanol–water partition coefficient (Wildman–Crippen LogP) is 3.24. The number of nitrogens with one attached hydrogen (secondary N) is 2. The minimum Gasteiger partial charge on any atom is -0.398 e. The molecule has 0 aliphatic carbocycles. The number of carbonyl (C=O) groups is 2. The van der Waals surface area contributed by atoms with Gasteiger partial charge in [-0.25, -0.2) is 0 Å². The van der Waals surface area contributed by atoms with Gasteiger partial charge in [0.25, 0.3) is 5.91 Å². The summed E-state index contributed by atoms with van der Waals surface area (Å²) in [4.78, 5) is 23.2. The predicted molar refractivity (Wildman–Crippen MR) is 87.3 cm³/mol. The molecule has 0 atom stereocenters. The first kappa shape index (κ1) is 15.1. The zero-order valence-corrected chi connectivity index (χ0v) is 12.9. The fourth-order valence-corrected chi connectivity index (χ4v) is 2.01. The molecule has 21 heavy (non-hydrogen) atoms. The number of amides is 2. The Kier molecular flexibility index (Phi) is 4.59. The van der Waals surface area contributed by atoms with Gasteiger partial charge in [-0.2, -0.15) is 0 Å². The van der Waals surface area contributed by atoms with Crippen molar-refractivity contribution in [1.29, 1.82) is 0 Å². The van der Waals surface area contributed by atoms with E-state index < -0.39 is 0 Å². The van der Waals surface area contributed by atoms with Crippen molar-refractivity contribution in [2.24, 2.45) is 0 Å². The number of benzene rings is 2. The fourth-order valence-electron chi connectivity index (χ4n) is 1.77. The van der Waals surface area contributed by atoms with Gasteiger partial charge in [-0.05, 0) is 52.3 Å². The van der Waals surface area contributed by atoms with Crippen LogP contribution in [0.1, 0.15) is 17.3 Å². The first-order valence-corrected chi connectivity index (χ1v) is 6.99. The lowest BCUT2D eigenvalue weighted by Gasteiger charge is -2.08. The number of hydrogen-bond acceptors (Lipinski definition) is 3. The van der Waals surface area contributed by atoms with E-state index in [1.807, 2.05) is 0 Å². The number of nitrogens with two attached hydrogens (primary N) is 1. The molecule has 0 spiro atoms. The van der Waals surface area contributed by atoms with Crippen LogP contribution in [-0.4, -0.2) is 11.8 Å². The molecule has 2 aromatic rings. The number of carbonyl (C=O) groups excluding carboxylic acids is 2. The van der Waals surface area contributed by atoms with Crippen LogP contribution in [0, 0.1) is 0 Å². The van der Waals surface area contributed by atoms with Crippen molar-refractivity contribution in [3.05, 3.63) is 52.5 Å². The minimum atomic E-state index is -0.269. The topological polar surface area (TPSA) is 84.2 Å². The summed E-state index contributed by atoms with van der Waals surface area (Å²) in [5, 5.41) is 5.42. The summed E-state index contributed by atoms with van der Waals surface area (Å²) < 4.78 is 0.742. The second kappa shape index (κ2) is 6.41. The molecule has 6 heteroatoms. The molecule has 0 saturated heterocycles. The van der Waals surface area contributed by atoms with Gasteiger partial charge in [-0.15, -0.1) is 0 Å². The Labute approximate surface area is 130 Å². The maximum absolute atomic E-state index is 12.1. The Hall–Kier alpha value is -2.34. The molecule has 0 fully saturated rings. The Morgan fingerprint density at radius 3 is 2.33 bits per heavy atom. The molecular weight excluding hydrogens is 334 g/mol. The van der Waals surface area contributed by atoms with Gasteiger partial charge in [0.05, 0.1) is 0 Å². The van der Waals surface area contributed by atoms with Crippen LogP contribution < -0.4 is 16.4 Å². The molecule has 0 aliphatic rings. The van der Waals surface area contributed by atoms with E-state index in [9.17, 15) is 9.59 Å². The summed E-state index contributed by atoms with van der Waals surface area (Å²) in [5.74, 6) is -0.437. The molecule has 4 N–H and O–H groups in total. The molecule has 108 valence electrons. The zero-order chi connectivity index (χ0) is 15.4. The normalized spacial score (nSPS) is 10.0. The second-order valence-electron chi connectivity index (χ2n) is 4.45. The van der Waals surface area contributed by atoms with Crippen molar-refractivity contribution in [2.45, 2.75) is 6.92 Å². The standard InChI is InChI=1S/C15H14BrN3O2/c1-9(20)18-11-3-2-4-12(8-11)19-15(21)10-5-6-13(16)14(17)7-10/h2-8H,17H2,1H3,(H,18,20)(H,19,21). The van der Waals surface area contributed by atoms with Crippen LogP contribution in [0.15, 0.2) is 46.9 Å².